The molecule has 2 heterocycles. The van der Waals surface area contributed by atoms with Gasteiger partial charge in [0.1, 0.15) is 0 Å². The number of piperazine rings is 1. The number of hydrogen-bond donors (Lipinski definition) is 1. The average Bonchev–Trinajstić information content (AvgIpc) is 3.36. The predicted octanol–water partition coefficient (Wildman–Crippen LogP) is 3.13. The summed E-state index contributed by atoms with van der Waals surface area (Å²) in [6.07, 6.45) is 0. The molecule has 1 N–H and O–H groups in total. The number of benzene rings is 1. The first-order valence-corrected chi connectivity index (χ1v) is 12.4. The lowest BCUT2D eigenvalue weighted by atomic mass is 10.1. The molecule has 0 bridgehead atoms. The zero-order valence-corrected chi connectivity index (χ0v) is 20.4. The fourth-order valence-electron chi connectivity index (χ4n) is 3.69. The first kappa shape index (κ1) is 24.9. The number of nitrogens with one attached hydrogen (secondary N) is 1. The SMILES string of the molecule is CCOc1cc(C(=O)NCCN2CCN(C(=O)c3ccsc3)CC2)cc(OCC)c1OCC. The van der Waals surface area contributed by atoms with Gasteiger partial charge in [-0.3, -0.25) is 14.5 Å². The number of rotatable bonds is 11. The van der Waals surface area contributed by atoms with Gasteiger partial charge in [-0.15, -0.1) is 0 Å². The summed E-state index contributed by atoms with van der Waals surface area (Å²) < 4.78 is 17.1. The molecular formula is C24H33N3O5S. The molecule has 33 heavy (non-hydrogen) atoms. The van der Waals surface area contributed by atoms with Gasteiger partial charge < -0.3 is 24.4 Å². The molecule has 1 aromatic carbocycles. The van der Waals surface area contributed by atoms with Crippen LogP contribution in [0.15, 0.2) is 29.0 Å². The van der Waals surface area contributed by atoms with Crippen molar-refractivity contribution in [3.05, 3.63) is 40.1 Å². The van der Waals surface area contributed by atoms with Crippen LogP contribution in [0.3, 0.4) is 0 Å². The van der Waals surface area contributed by atoms with E-state index in [1.807, 2.05) is 42.5 Å². The molecule has 1 saturated heterocycles. The monoisotopic (exact) mass is 475 g/mol. The number of amides is 2. The van der Waals surface area contributed by atoms with E-state index in [1.54, 1.807) is 12.1 Å². The van der Waals surface area contributed by atoms with Gasteiger partial charge in [-0.1, -0.05) is 0 Å². The molecule has 2 amide bonds. The summed E-state index contributed by atoms with van der Waals surface area (Å²) in [6, 6.07) is 5.26. The normalized spacial score (nSPS) is 14.1. The summed E-state index contributed by atoms with van der Waals surface area (Å²) in [5.41, 5.74) is 1.23. The highest BCUT2D eigenvalue weighted by Crippen LogP contribution is 2.39. The van der Waals surface area contributed by atoms with Crippen molar-refractivity contribution in [3.8, 4) is 17.2 Å². The van der Waals surface area contributed by atoms with Gasteiger partial charge >= 0.3 is 0 Å². The Hall–Kier alpha value is -2.78. The first-order valence-electron chi connectivity index (χ1n) is 11.5. The van der Waals surface area contributed by atoms with Crippen LogP contribution in [0.1, 0.15) is 41.5 Å². The Morgan fingerprint density at radius 1 is 0.939 bits per heavy atom. The second-order valence-electron chi connectivity index (χ2n) is 7.50. The maximum absolute atomic E-state index is 12.8. The maximum Gasteiger partial charge on any atom is 0.254 e. The van der Waals surface area contributed by atoms with E-state index in [9.17, 15) is 9.59 Å². The Morgan fingerprint density at radius 3 is 2.12 bits per heavy atom. The van der Waals surface area contributed by atoms with Crippen LogP contribution < -0.4 is 19.5 Å². The Labute approximate surface area is 199 Å². The van der Waals surface area contributed by atoms with Crippen LogP contribution in [-0.4, -0.2) is 80.7 Å². The second-order valence-corrected chi connectivity index (χ2v) is 8.28. The minimum absolute atomic E-state index is 0.0925. The van der Waals surface area contributed by atoms with Crippen LogP contribution in [0.25, 0.3) is 0 Å². The molecule has 0 spiro atoms. The molecule has 2 aromatic rings. The van der Waals surface area contributed by atoms with Gasteiger partial charge in [0.05, 0.1) is 25.4 Å². The molecule has 3 rings (SSSR count). The van der Waals surface area contributed by atoms with Gasteiger partial charge in [0.15, 0.2) is 11.5 Å². The lowest BCUT2D eigenvalue weighted by Gasteiger charge is -2.34. The van der Waals surface area contributed by atoms with E-state index < -0.39 is 0 Å². The van der Waals surface area contributed by atoms with Crippen molar-refractivity contribution in [2.75, 3.05) is 59.1 Å². The highest BCUT2D eigenvalue weighted by Gasteiger charge is 2.23. The lowest BCUT2D eigenvalue weighted by molar-refractivity contribution is 0.0638. The highest BCUT2D eigenvalue weighted by molar-refractivity contribution is 7.08. The van der Waals surface area contributed by atoms with E-state index >= 15 is 0 Å². The summed E-state index contributed by atoms with van der Waals surface area (Å²) in [5, 5.41) is 6.79. The third-order valence-electron chi connectivity index (χ3n) is 5.31. The molecule has 9 heteroatoms. The number of carbonyl (C=O) groups excluding carboxylic acids is 2. The third kappa shape index (κ3) is 6.61. The summed E-state index contributed by atoms with van der Waals surface area (Å²) in [4.78, 5) is 29.4. The molecule has 1 fully saturated rings. The van der Waals surface area contributed by atoms with Crippen molar-refractivity contribution in [1.82, 2.24) is 15.1 Å². The molecular weight excluding hydrogens is 442 g/mol. The van der Waals surface area contributed by atoms with Crippen LogP contribution in [0.5, 0.6) is 17.2 Å². The molecule has 0 unspecified atom stereocenters. The van der Waals surface area contributed by atoms with Gasteiger partial charge in [0.2, 0.25) is 5.75 Å². The quantitative estimate of drug-likeness (QED) is 0.538. The topological polar surface area (TPSA) is 80.3 Å². The van der Waals surface area contributed by atoms with Crippen LogP contribution in [0.2, 0.25) is 0 Å². The van der Waals surface area contributed by atoms with Crippen LogP contribution in [-0.2, 0) is 0 Å². The molecule has 0 radical (unpaired) electrons. The van der Waals surface area contributed by atoms with Gasteiger partial charge in [-0.25, -0.2) is 0 Å². The van der Waals surface area contributed by atoms with Gasteiger partial charge in [0, 0.05) is 50.2 Å². The fraction of sp³-hybridized carbons (Fsp3) is 0.500. The van der Waals surface area contributed by atoms with Crippen molar-refractivity contribution in [3.63, 3.8) is 0 Å². The Morgan fingerprint density at radius 2 is 1.58 bits per heavy atom. The predicted molar refractivity (Wildman–Crippen MR) is 129 cm³/mol. The van der Waals surface area contributed by atoms with Gasteiger partial charge in [-0.05, 0) is 44.4 Å². The van der Waals surface area contributed by atoms with E-state index in [-0.39, 0.29) is 11.8 Å². The molecule has 180 valence electrons. The molecule has 0 aliphatic carbocycles. The first-order chi connectivity index (χ1) is 16.1. The third-order valence-corrected chi connectivity index (χ3v) is 6.00. The lowest BCUT2D eigenvalue weighted by Crippen LogP contribution is -2.50. The molecule has 1 aliphatic rings. The van der Waals surface area contributed by atoms with E-state index in [4.69, 9.17) is 14.2 Å². The highest BCUT2D eigenvalue weighted by atomic mass is 32.1. The van der Waals surface area contributed by atoms with Crippen molar-refractivity contribution in [2.45, 2.75) is 20.8 Å². The van der Waals surface area contributed by atoms with Crippen molar-refractivity contribution < 1.29 is 23.8 Å². The van der Waals surface area contributed by atoms with Gasteiger partial charge in [0.25, 0.3) is 11.8 Å². The molecule has 1 aliphatic heterocycles. The van der Waals surface area contributed by atoms with Crippen molar-refractivity contribution in [2.24, 2.45) is 0 Å². The number of thiophene rings is 1. The summed E-state index contributed by atoms with van der Waals surface area (Å²) in [6.45, 7) is 11.2. The number of carbonyl (C=O) groups is 2. The molecule has 8 nitrogen and oxygen atoms in total. The summed E-state index contributed by atoms with van der Waals surface area (Å²) >= 11 is 1.53. The summed E-state index contributed by atoms with van der Waals surface area (Å²) in [5.74, 6) is 1.43. The number of hydrogen-bond acceptors (Lipinski definition) is 7. The van der Waals surface area contributed by atoms with E-state index in [0.717, 1.165) is 25.2 Å². The van der Waals surface area contributed by atoms with Crippen LogP contribution >= 0.6 is 11.3 Å². The second kappa shape index (κ2) is 12.5. The standard InChI is InChI=1S/C24H33N3O5S/c1-4-30-20-15-19(16-21(31-5-2)22(20)32-6-3)23(28)25-8-9-26-10-12-27(13-11-26)24(29)18-7-14-33-17-18/h7,14-17H,4-6,8-13H2,1-3H3,(H,25,28). The molecule has 1 aromatic heterocycles. The zero-order chi connectivity index (χ0) is 23.6. The number of ether oxygens (including phenoxy) is 3. The van der Waals surface area contributed by atoms with E-state index in [0.29, 0.717) is 62.3 Å². The molecule has 0 atom stereocenters. The van der Waals surface area contributed by atoms with E-state index in [1.165, 1.54) is 11.3 Å². The minimum Gasteiger partial charge on any atom is -0.490 e. The summed E-state index contributed by atoms with van der Waals surface area (Å²) in [7, 11) is 0. The largest absolute Gasteiger partial charge is 0.490 e. The maximum atomic E-state index is 12.8. The average molecular weight is 476 g/mol. The van der Waals surface area contributed by atoms with Crippen LogP contribution in [0, 0.1) is 0 Å². The zero-order valence-electron chi connectivity index (χ0n) is 19.6. The van der Waals surface area contributed by atoms with Crippen molar-refractivity contribution >= 4 is 23.2 Å². The minimum atomic E-state index is -0.189. The fourth-order valence-corrected chi connectivity index (χ4v) is 4.32. The Bertz CT molecular complexity index is 884. The smallest absolute Gasteiger partial charge is 0.254 e. The van der Waals surface area contributed by atoms with Gasteiger partial charge in [-0.2, -0.15) is 11.3 Å². The van der Waals surface area contributed by atoms with E-state index in [2.05, 4.69) is 10.2 Å². The Kier molecular flexibility index (Phi) is 9.38. The number of nitrogens with zero attached hydrogens (tertiary/aromatic N) is 2. The van der Waals surface area contributed by atoms with Crippen LogP contribution in [0.4, 0.5) is 0 Å². The molecule has 0 saturated carbocycles. The van der Waals surface area contributed by atoms with Crippen molar-refractivity contribution in [1.29, 1.82) is 0 Å². The Balaban J connectivity index is 1.53.